The lowest BCUT2D eigenvalue weighted by Gasteiger charge is -1.96. The zero-order chi connectivity index (χ0) is 10.4. The molecular formula is C11H10ClNS. The zero-order valence-corrected chi connectivity index (χ0v) is 9.22. The maximum absolute atomic E-state index is 8.66. The maximum atomic E-state index is 8.66. The lowest BCUT2D eigenvalue weighted by Crippen LogP contribution is -1.78. The Hall–Kier alpha value is -0.910. The van der Waals surface area contributed by atoms with Gasteiger partial charge >= 0.3 is 0 Å². The molecule has 1 nitrogen and oxygen atoms in total. The van der Waals surface area contributed by atoms with Crippen molar-refractivity contribution in [1.82, 2.24) is 0 Å². The van der Waals surface area contributed by atoms with E-state index in [2.05, 4.69) is 12.6 Å². The molecule has 1 rings (SSSR count). The zero-order valence-electron chi connectivity index (χ0n) is 7.57. The molecule has 0 fully saturated rings. The number of thiol groups is 1. The molecule has 0 amide bonds. The van der Waals surface area contributed by atoms with E-state index in [1.165, 1.54) is 0 Å². The van der Waals surface area contributed by atoms with Gasteiger partial charge in [0.15, 0.2) is 0 Å². The topological polar surface area (TPSA) is 23.8 Å². The van der Waals surface area contributed by atoms with Crippen molar-refractivity contribution in [1.29, 1.82) is 5.26 Å². The highest BCUT2D eigenvalue weighted by Gasteiger charge is 1.97. The Balaban J connectivity index is 2.82. The number of halogens is 1. The minimum Gasteiger partial charge on any atom is -0.192 e. The molecule has 72 valence electrons. The number of nitriles is 1. The van der Waals surface area contributed by atoms with Crippen molar-refractivity contribution in [3.8, 4) is 6.07 Å². The summed E-state index contributed by atoms with van der Waals surface area (Å²) in [6, 6.07) is 7.41. The van der Waals surface area contributed by atoms with Crippen LogP contribution >= 0.6 is 24.2 Å². The van der Waals surface area contributed by atoms with Crippen molar-refractivity contribution in [2.24, 2.45) is 0 Å². The SMILES string of the molecule is N#Cc1ccc(C=CCCS)cc1Cl. The van der Waals surface area contributed by atoms with Crippen LogP contribution in [-0.4, -0.2) is 5.75 Å². The number of benzene rings is 1. The highest BCUT2D eigenvalue weighted by atomic mass is 35.5. The molecule has 3 heteroatoms. The molecule has 0 heterocycles. The summed E-state index contributed by atoms with van der Waals surface area (Å²) in [4.78, 5) is 0. The summed E-state index contributed by atoms with van der Waals surface area (Å²) < 4.78 is 0. The number of hydrogen-bond donors (Lipinski definition) is 1. The van der Waals surface area contributed by atoms with Crippen LogP contribution in [0, 0.1) is 11.3 Å². The first kappa shape index (κ1) is 11.2. The molecule has 0 spiro atoms. The highest BCUT2D eigenvalue weighted by Crippen LogP contribution is 2.17. The summed E-state index contributed by atoms with van der Waals surface area (Å²) in [5.74, 6) is 0.834. The van der Waals surface area contributed by atoms with Gasteiger partial charge in [0.1, 0.15) is 6.07 Å². The molecule has 14 heavy (non-hydrogen) atoms. The second kappa shape index (κ2) is 5.74. The van der Waals surface area contributed by atoms with Crippen LogP contribution < -0.4 is 0 Å². The summed E-state index contributed by atoms with van der Waals surface area (Å²) in [5, 5.41) is 9.16. The van der Waals surface area contributed by atoms with E-state index in [-0.39, 0.29) is 0 Å². The number of nitrogens with zero attached hydrogens (tertiary/aromatic N) is 1. The molecule has 0 unspecified atom stereocenters. The van der Waals surface area contributed by atoms with Gasteiger partial charge in [0, 0.05) is 0 Å². The standard InChI is InChI=1S/C11H10ClNS/c12-11-7-9(3-1-2-6-14)4-5-10(11)8-13/h1,3-5,7,14H,2,6H2. The van der Waals surface area contributed by atoms with Gasteiger partial charge in [-0.25, -0.2) is 0 Å². The van der Waals surface area contributed by atoms with Gasteiger partial charge in [-0.3, -0.25) is 0 Å². The molecule has 0 aliphatic rings. The fourth-order valence-corrected chi connectivity index (χ4v) is 1.40. The molecule has 0 saturated carbocycles. The molecule has 0 aliphatic carbocycles. The molecule has 0 radical (unpaired) electrons. The molecular weight excluding hydrogens is 214 g/mol. The van der Waals surface area contributed by atoms with E-state index in [1.54, 1.807) is 12.1 Å². The van der Waals surface area contributed by atoms with Crippen molar-refractivity contribution < 1.29 is 0 Å². The van der Waals surface area contributed by atoms with E-state index < -0.39 is 0 Å². The fourth-order valence-electron chi connectivity index (χ4n) is 1.02. The molecule has 0 bridgehead atoms. The second-order valence-electron chi connectivity index (χ2n) is 2.77. The lowest BCUT2D eigenvalue weighted by molar-refractivity contribution is 1.26. The van der Waals surface area contributed by atoms with Crippen molar-refractivity contribution in [2.45, 2.75) is 6.42 Å². The van der Waals surface area contributed by atoms with Crippen molar-refractivity contribution in [2.75, 3.05) is 5.75 Å². The largest absolute Gasteiger partial charge is 0.192 e. The third-order valence-electron chi connectivity index (χ3n) is 1.72. The van der Waals surface area contributed by atoms with E-state index in [0.717, 1.165) is 17.7 Å². The van der Waals surface area contributed by atoms with Gasteiger partial charge < -0.3 is 0 Å². The monoisotopic (exact) mass is 223 g/mol. The van der Waals surface area contributed by atoms with Gasteiger partial charge in [-0.1, -0.05) is 29.8 Å². The Morgan fingerprint density at radius 1 is 1.50 bits per heavy atom. The molecule has 1 aromatic rings. The van der Waals surface area contributed by atoms with Crippen LogP contribution in [-0.2, 0) is 0 Å². The van der Waals surface area contributed by atoms with Crippen molar-refractivity contribution in [3.05, 3.63) is 40.4 Å². The summed E-state index contributed by atoms with van der Waals surface area (Å²) >= 11 is 9.97. The fraction of sp³-hybridized carbons (Fsp3) is 0.182. The third kappa shape index (κ3) is 3.10. The molecule has 0 saturated heterocycles. The van der Waals surface area contributed by atoms with Crippen LogP contribution in [0.1, 0.15) is 17.5 Å². The second-order valence-corrected chi connectivity index (χ2v) is 3.62. The maximum Gasteiger partial charge on any atom is 0.101 e. The smallest absolute Gasteiger partial charge is 0.101 e. The molecule has 0 aromatic heterocycles. The van der Waals surface area contributed by atoms with Crippen LogP contribution in [0.5, 0.6) is 0 Å². The highest BCUT2D eigenvalue weighted by molar-refractivity contribution is 7.80. The Morgan fingerprint density at radius 3 is 2.86 bits per heavy atom. The van der Waals surface area contributed by atoms with E-state index in [9.17, 15) is 0 Å². The van der Waals surface area contributed by atoms with Crippen LogP contribution in [0.4, 0.5) is 0 Å². The normalized spacial score (nSPS) is 10.4. The number of hydrogen-bond acceptors (Lipinski definition) is 2. The first-order valence-electron chi connectivity index (χ1n) is 4.25. The average molecular weight is 224 g/mol. The van der Waals surface area contributed by atoms with E-state index in [1.807, 2.05) is 24.3 Å². The minimum atomic E-state index is 0.500. The first-order chi connectivity index (χ1) is 6.77. The third-order valence-corrected chi connectivity index (χ3v) is 2.29. The van der Waals surface area contributed by atoms with Crippen LogP contribution in [0.2, 0.25) is 5.02 Å². The summed E-state index contributed by atoms with van der Waals surface area (Å²) in [5.41, 5.74) is 1.52. The van der Waals surface area contributed by atoms with Crippen molar-refractivity contribution in [3.63, 3.8) is 0 Å². The van der Waals surface area contributed by atoms with Gasteiger partial charge in [0.2, 0.25) is 0 Å². The van der Waals surface area contributed by atoms with Gasteiger partial charge in [0.05, 0.1) is 10.6 Å². The van der Waals surface area contributed by atoms with Gasteiger partial charge in [-0.05, 0) is 29.9 Å². The van der Waals surface area contributed by atoms with Crippen molar-refractivity contribution >= 4 is 30.3 Å². The minimum absolute atomic E-state index is 0.500. The Morgan fingerprint density at radius 2 is 2.29 bits per heavy atom. The summed E-state index contributed by atoms with van der Waals surface area (Å²) in [6.45, 7) is 0. The van der Waals surface area contributed by atoms with Crippen LogP contribution in [0.15, 0.2) is 24.3 Å². The Bertz CT molecular complexity index is 379. The van der Waals surface area contributed by atoms with E-state index >= 15 is 0 Å². The lowest BCUT2D eigenvalue weighted by atomic mass is 10.1. The first-order valence-corrected chi connectivity index (χ1v) is 5.26. The van der Waals surface area contributed by atoms with Crippen LogP contribution in [0.3, 0.4) is 0 Å². The molecule has 0 N–H and O–H groups in total. The quantitative estimate of drug-likeness (QED) is 0.779. The predicted octanol–water partition coefficient (Wildman–Crippen LogP) is 3.54. The molecule has 1 aromatic carbocycles. The van der Waals surface area contributed by atoms with Gasteiger partial charge in [0.25, 0.3) is 0 Å². The molecule has 0 atom stereocenters. The average Bonchev–Trinajstić information content (AvgIpc) is 2.18. The number of rotatable bonds is 3. The van der Waals surface area contributed by atoms with E-state index in [4.69, 9.17) is 16.9 Å². The number of allylic oxidation sites excluding steroid dienone is 1. The summed E-state index contributed by atoms with van der Waals surface area (Å²) in [7, 11) is 0. The predicted molar refractivity (Wildman–Crippen MR) is 63.7 cm³/mol. The summed E-state index contributed by atoms with van der Waals surface area (Å²) in [6.07, 6.45) is 4.94. The Labute approximate surface area is 94.4 Å². The van der Waals surface area contributed by atoms with Gasteiger partial charge in [-0.2, -0.15) is 17.9 Å². The molecule has 0 aliphatic heterocycles. The van der Waals surface area contributed by atoms with Gasteiger partial charge in [-0.15, -0.1) is 0 Å². The van der Waals surface area contributed by atoms with Crippen LogP contribution in [0.25, 0.3) is 6.08 Å². The Kier molecular flexibility index (Phi) is 4.58. The van der Waals surface area contributed by atoms with E-state index in [0.29, 0.717) is 10.6 Å².